The Kier molecular flexibility index (Phi) is 5.31. The third kappa shape index (κ3) is 4.81. The zero-order valence-electron chi connectivity index (χ0n) is 13.0. The van der Waals surface area contributed by atoms with Crippen molar-refractivity contribution >= 4 is 17.8 Å². The van der Waals surface area contributed by atoms with E-state index in [9.17, 15) is 14.7 Å². The van der Waals surface area contributed by atoms with E-state index in [1.54, 1.807) is 30.3 Å². The van der Waals surface area contributed by atoms with Gasteiger partial charge in [0.15, 0.2) is 5.78 Å². The molecule has 0 heterocycles. The smallest absolute Gasteiger partial charge is 0.185 e. The second-order valence-corrected chi connectivity index (χ2v) is 5.24. The molecule has 0 fully saturated rings. The van der Waals surface area contributed by atoms with Gasteiger partial charge in [-0.05, 0) is 55.3 Å². The summed E-state index contributed by atoms with van der Waals surface area (Å²) in [5.74, 6) is -1.04. The zero-order chi connectivity index (χ0) is 16.8. The number of carboxylic acid groups (broad SMARTS) is 1. The van der Waals surface area contributed by atoms with Crippen molar-refractivity contribution in [3.63, 3.8) is 0 Å². The van der Waals surface area contributed by atoms with Crippen molar-refractivity contribution in [3.8, 4) is 5.75 Å². The molecule has 118 valence electrons. The first kappa shape index (κ1) is 16.5. The monoisotopic (exact) mass is 309 g/mol. The molecular formula is C19H17O4-. The minimum Gasteiger partial charge on any atom is -0.546 e. The highest BCUT2D eigenvalue weighted by molar-refractivity contribution is 6.06. The summed E-state index contributed by atoms with van der Waals surface area (Å²) in [7, 11) is 0. The normalized spacial score (nSPS) is 10.7. The van der Waals surface area contributed by atoms with Crippen molar-refractivity contribution in [3.05, 3.63) is 70.8 Å². The molecule has 2 rings (SSSR count). The van der Waals surface area contributed by atoms with Crippen LogP contribution >= 0.6 is 0 Å². The maximum absolute atomic E-state index is 12.2. The number of hydrogen-bond donors (Lipinski definition) is 0. The van der Waals surface area contributed by atoms with E-state index >= 15 is 0 Å². The van der Waals surface area contributed by atoms with Gasteiger partial charge in [-0.15, -0.1) is 0 Å². The van der Waals surface area contributed by atoms with E-state index in [-0.39, 0.29) is 5.78 Å². The van der Waals surface area contributed by atoms with Crippen molar-refractivity contribution < 1.29 is 19.4 Å². The molecule has 0 aliphatic heterocycles. The van der Waals surface area contributed by atoms with E-state index in [1.165, 1.54) is 6.08 Å². The first-order valence-corrected chi connectivity index (χ1v) is 7.18. The molecule has 23 heavy (non-hydrogen) atoms. The molecule has 0 spiro atoms. The molecule has 0 saturated heterocycles. The third-order valence-corrected chi connectivity index (χ3v) is 3.34. The van der Waals surface area contributed by atoms with Gasteiger partial charge in [-0.3, -0.25) is 4.79 Å². The maximum atomic E-state index is 12.2. The fraction of sp³-hybridized carbons (Fsp3) is 0.158. The highest BCUT2D eigenvalue weighted by Gasteiger charge is 2.03. The van der Waals surface area contributed by atoms with E-state index in [4.69, 9.17) is 4.74 Å². The van der Waals surface area contributed by atoms with E-state index < -0.39 is 12.6 Å². The van der Waals surface area contributed by atoms with Gasteiger partial charge in [-0.2, -0.15) is 0 Å². The van der Waals surface area contributed by atoms with Gasteiger partial charge in [0.1, 0.15) is 12.4 Å². The lowest BCUT2D eigenvalue weighted by atomic mass is 10.0. The highest BCUT2D eigenvalue weighted by atomic mass is 16.5. The van der Waals surface area contributed by atoms with E-state index in [1.807, 2.05) is 32.0 Å². The summed E-state index contributed by atoms with van der Waals surface area (Å²) in [6, 6.07) is 12.4. The molecule has 4 heteroatoms. The number of ketones is 1. The van der Waals surface area contributed by atoms with Gasteiger partial charge < -0.3 is 14.6 Å². The van der Waals surface area contributed by atoms with Crippen LogP contribution in [0.25, 0.3) is 6.08 Å². The molecule has 0 amide bonds. The molecule has 0 bridgehead atoms. The number of aliphatic carboxylic acids is 1. The van der Waals surface area contributed by atoms with Gasteiger partial charge in [-0.25, -0.2) is 0 Å². The van der Waals surface area contributed by atoms with E-state index in [2.05, 4.69) is 0 Å². The van der Waals surface area contributed by atoms with Gasteiger partial charge >= 0.3 is 0 Å². The Morgan fingerprint density at radius 1 is 1.09 bits per heavy atom. The quantitative estimate of drug-likeness (QED) is 0.607. The van der Waals surface area contributed by atoms with Crippen LogP contribution in [0, 0.1) is 13.8 Å². The molecule has 0 N–H and O–H groups in total. The molecule has 2 aromatic rings. The predicted molar refractivity (Wildman–Crippen MR) is 86.2 cm³/mol. The fourth-order valence-electron chi connectivity index (χ4n) is 2.06. The topological polar surface area (TPSA) is 66.4 Å². The van der Waals surface area contributed by atoms with Crippen LogP contribution in [-0.2, 0) is 4.79 Å². The summed E-state index contributed by atoms with van der Waals surface area (Å²) in [4.78, 5) is 22.5. The Morgan fingerprint density at radius 2 is 1.78 bits per heavy atom. The van der Waals surface area contributed by atoms with Crippen LogP contribution in [0.15, 0.2) is 48.5 Å². The van der Waals surface area contributed by atoms with Crippen LogP contribution in [0.1, 0.15) is 27.0 Å². The lowest BCUT2D eigenvalue weighted by Gasteiger charge is -2.06. The molecule has 0 atom stereocenters. The van der Waals surface area contributed by atoms with Crippen LogP contribution in [0.3, 0.4) is 0 Å². The van der Waals surface area contributed by atoms with E-state index in [0.717, 1.165) is 16.7 Å². The largest absolute Gasteiger partial charge is 0.546 e. The molecular weight excluding hydrogens is 292 g/mol. The van der Waals surface area contributed by atoms with Gasteiger partial charge in [0, 0.05) is 5.56 Å². The molecule has 0 aliphatic carbocycles. The Hall–Kier alpha value is -2.88. The Labute approximate surface area is 135 Å². The van der Waals surface area contributed by atoms with Crippen LogP contribution in [0.5, 0.6) is 5.75 Å². The number of benzene rings is 2. The first-order chi connectivity index (χ1) is 11.0. The Balaban J connectivity index is 2.07. The first-order valence-electron chi connectivity index (χ1n) is 7.18. The van der Waals surface area contributed by atoms with Gasteiger partial charge in [0.25, 0.3) is 0 Å². The minimum absolute atomic E-state index is 0.127. The van der Waals surface area contributed by atoms with Crippen LogP contribution in [0.2, 0.25) is 0 Å². The SMILES string of the molecule is Cc1ccc(C)c(/C=C/C(=O)c2ccc(OCC(=O)[O-])cc2)c1. The third-order valence-electron chi connectivity index (χ3n) is 3.34. The van der Waals surface area contributed by atoms with Gasteiger partial charge in [0.05, 0.1) is 5.97 Å². The Morgan fingerprint density at radius 3 is 2.43 bits per heavy atom. The number of carbonyl (C=O) groups excluding carboxylic acids is 2. The van der Waals surface area contributed by atoms with Crippen molar-refractivity contribution in [2.75, 3.05) is 6.61 Å². The molecule has 4 nitrogen and oxygen atoms in total. The van der Waals surface area contributed by atoms with Crippen molar-refractivity contribution in [2.24, 2.45) is 0 Å². The van der Waals surface area contributed by atoms with E-state index in [0.29, 0.717) is 11.3 Å². The predicted octanol–water partition coefficient (Wildman–Crippen LogP) is 2.33. The van der Waals surface area contributed by atoms with Crippen molar-refractivity contribution in [2.45, 2.75) is 13.8 Å². The summed E-state index contributed by atoms with van der Waals surface area (Å²) < 4.78 is 4.97. The molecule has 0 aliphatic rings. The molecule has 0 saturated carbocycles. The van der Waals surface area contributed by atoms with Crippen LogP contribution in [-0.4, -0.2) is 18.4 Å². The molecule has 2 aromatic carbocycles. The van der Waals surface area contributed by atoms with Crippen LogP contribution < -0.4 is 9.84 Å². The molecule has 0 radical (unpaired) electrons. The van der Waals surface area contributed by atoms with Gasteiger partial charge in [0.2, 0.25) is 0 Å². The standard InChI is InChI=1S/C19H18O4/c1-13-3-4-14(2)16(11-13)7-10-18(20)15-5-8-17(9-6-15)23-12-19(21)22/h3-11H,12H2,1-2H3,(H,21,22)/p-1/b10-7+. The summed E-state index contributed by atoms with van der Waals surface area (Å²) in [6.07, 6.45) is 3.32. The number of carboxylic acids is 1. The number of allylic oxidation sites excluding steroid dienone is 1. The number of ether oxygens (including phenoxy) is 1. The number of carbonyl (C=O) groups is 2. The minimum atomic E-state index is -1.29. The summed E-state index contributed by atoms with van der Waals surface area (Å²) in [5.41, 5.74) is 3.75. The highest BCUT2D eigenvalue weighted by Crippen LogP contribution is 2.15. The van der Waals surface area contributed by atoms with Gasteiger partial charge in [-0.1, -0.05) is 29.8 Å². The average Bonchev–Trinajstić information content (AvgIpc) is 2.54. The molecule has 0 aromatic heterocycles. The van der Waals surface area contributed by atoms with Crippen molar-refractivity contribution in [1.29, 1.82) is 0 Å². The fourth-order valence-corrected chi connectivity index (χ4v) is 2.06. The van der Waals surface area contributed by atoms with Crippen LogP contribution in [0.4, 0.5) is 0 Å². The lowest BCUT2D eigenvalue weighted by molar-refractivity contribution is -0.307. The molecule has 0 unspecified atom stereocenters. The zero-order valence-corrected chi connectivity index (χ0v) is 13.0. The average molecular weight is 309 g/mol. The Bertz CT molecular complexity index is 742. The second-order valence-electron chi connectivity index (χ2n) is 5.24. The summed E-state index contributed by atoms with van der Waals surface area (Å²) >= 11 is 0. The van der Waals surface area contributed by atoms with Crippen molar-refractivity contribution in [1.82, 2.24) is 0 Å². The summed E-state index contributed by atoms with van der Waals surface area (Å²) in [6.45, 7) is 3.48. The maximum Gasteiger partial charge on any atom is 0.185 e. The number of hydrogen-bond acceptors (Lipinski definition) is 4. The lowest BCUT2D eigenvalue weighted by Crippen LogP contribution is -2.28. The number of aryl methyl sites for hydroxylation is 2. The number of rotatable bonds is 6. The second kappa shape index (κ2) is 7.40. The summed E-state index contributed by atoms with van der Waals surface area (Å²) in [5, 5.41) is 10.3.